The summed E-state index contributed by atoms with van der Waals surface area (Å²) in [7, 11) is 1.72. The van der Waals surface area contributed by atoms with E-state index in [1.165, 1.54) is 12.8 Å². The average molecular weight is 216 g/mol. The lowest BCUT2D eigenvalue weighted by molar-refractivity contribution is 0.108. The zero-order chi connectivity index (χ0) is 10.9. The van der Waals surface area contributed by atoms with E-state index in [0.717, 1.165) is 32.8 Å². The number of ether oxygens (including phenoxy) is 2. The van der Waals surface area contributed by atoms with E-state index < -0.39 is 0 Å². The summed E-state index contributed by atoms with van der Waals surface area (Å²) < 4.78 is 10.5. The van der Waals surface area contributed by atoms with Crippen LogP contribution in [0.15, 0.2) is 0 Å². The number of hydrogen-bond acceptors (Lipinski definition) is 4. The van der Waals surface area contributed by atoms with Gasteiger partial charge in [0, 0.05) is 39.4 Å². The van der Waals surface area contributed by atoms with Crippen LogP contribution in [0.3, 0.4) is 0 Å². The Hall–Kier alpha value is -0.160. The maximum Gasteiger partial charge on any atom is 0.0700 e. The van der Waals surface area contributed by atoms with E-state index in [-0.39, 0.29) is 0 Å². The fourth-order valence-corrected chi connectivity index (χ4v) is 1.70. The van der Waals surface area contributed by atoms with Crippen molar-refractivity contribution in [3.05, 3.63) is 0 Å². The molecule has 1 heterocycles. The predicted octanol–water partition coefficient (Wildman–Crippen LogP) is 0.380. The van der Waals surface area contributed by atoms with Crippen molar-refractivity contribution in [2.24, 2.45) is 0 Å². The van der Waals surface area contributed by atoms with Crippen LogP contribution >= 0.6 is 0 Å². The van der Waals surface area contributed by atoms with Gasteiger partial charge in [-0.2, -0.15) is 0 Å². The smallest absolute Gasteiger partial charge is 0.0700 e. The summed E-state index contributed by atoms with van der Waals surface area (Å²) >= 11 is 0. The first-order valence-corrected chi connectivity index (χ1v) is 5.87. The van der Waals surface area contributed by atoms with Crippen LogP contribution in [0.4, 0.5) is 0 Å². The van der Waals surface area contributed by atoms with Crippen molar-refractivity contribution < 1.29 is 9.47 Å². The molecule has 2 atom stereocenters. The topological polar surface area (TPSA) is 42.5 Å². The van der Waals surface area contributed by atoms with Gasteiger partial charge in [-0.1, -0.05) is 0 Å². The molecule has 2 N–H and O–H groups in total. The Labute approximate surface area is 92.7 Å². The lowest BCUT2D eigenvalue weighted by atomic mass is 10.2. The van der Waals surface area contributed by atoms with Gasteiger partial charge in [-0.3, -0.25) is 0 Å². The van der Waals surface area contributed by atoms with Crippen molar-refractivity contribution >= 4 is 0 Å². The van der Waals surface area contributed by atoms with E-state index in [9.17, 15) is 0 Å². The first-order chi connectivity index (χ1) is 7.33. The minimum atomic E-state index is 0.437. The van der Waals surface area contributed by atoms with Crippen molar-refractivity contribution in [1.29, 1.82) is 0 Å². The Morgan fingerprint density at radius 2 is 2.40 bits per heavy atom. The summed E-state index contributed by atoms with van der Waals surface area (Å²) in [5.41, 5.74) is 0. The molecule has 0 spiro atoms. The standard InChI is InChI=1S/C11H24N2O2/c1-10(8-12-5-7-14-2)13-9-11-4-3-6-15-11/h10-13H,3-9H2,1-2H3. The fourth-order valence-electron chi connectivity index (χ4n) is 1.70. The SMILES string of the molecule is COCCNCC(C)NCC1CCCO1. The van der Waals surface area contributed by atoms with Crippen LogP contribution in [0.5, 0.6) is 0 Å². The van der Waals surface area contributed by atoms with E-state index in [1.54, 1.807) is 7.11 Å². The summed E-state index contributed by atoms with van der Waals surface area (Å²) in [6.07, 6.45) is 2.86. The van der Waals surface area contributed by atoms with Gasteiger partial charge in [-0.15, -0.1) is 0 Å². The van der Waals surface area contributed by atoms with Crippen molar-refractivity contribution in [3.8, 4) is 0 Å². The molecule has 1 rings (SSSR count). The van der Waals surface area contributed by atoms with Gasteiger partial charge in [0.1, 0.15) is 0 Å². The quantitative estimate of drug-likeness (QED) is 0.576. The van der Waals surface area contributed by atoms with E-state index in [0.29, 0.717) is 12.1 Å². The van der Waals surface area contributed by atoms with Crippen molar-refractivity contribution in [1.82, 2.24) is 10.6 Å². The van der Waals surface area contributed by atoms with E-state index >= 15 is 0 Å². The van der Waals surface area contributed by atoms with Crippen LogP contribution in [0.25, 0.3) is 0 Å². The largest absolute Gasteiger partial charge is 0.383 e. The molecule has 0 aromatic rings. The molecule has 90 valence electrons. The lowest BCUT2D eigenvalue weighted by Gasteiger charge is -2.17. The summed E-state index contributed by atoms with van der Waals surface area (Å²) in [5.74, 6) is 0. The van der Waals surface area contributed by atoms with Gasteiger partial charge in [-0.25, -0.2) is 0 Å². The third-order valence-corrected chi connectivity index (χ3v) is 2.65. The minimum Gasteiger partial charge on any atom is -0.383 e. The highest BCUT2D eigenvalue weighted by Crippen LogP contribution is 2.10. The molecular formula is C11H24N2O2. The number of methoxy groups -OCH3 is 1. The normalized spacial score (nSPS) is 23.2. The molecule has 1 aliphatic heterocycles. The van der Waals surface area contributed by atoms with Crippen LogP contribution in [-0.4, -0.2) is 52.1 Å². The molecule has 0 aromatic heterocycles. The highest BCUT2D eigenvalue weighted by Gasteiger charge is 2.15. The Balaban J connectivity index is 1.90. The molecule has 1 aliphatic rings. The zero-order valence-corrected chi connectivity index (χ0v) is 9.92. The average Bonchev–Trinajstić information content (AvgIpc) is 2.74. The maximum atomic E-state index is 5.54. The van der Waals surface area contributed by atoms with Crippen LogP contribution in [0.1, 0.15) is 19.8 Å². The first-order valence-electron chi connectivity index (χ1n) is 5.87. The Kier molecular flexibility index (Phi) is 6.92. The van der Waals surface area contributed by atoms with Crippen LogP contribution in [0.2, 0.25) is 0 Å². The second-order valence-electron chi connectivity index (χ2n) is 4.14. The minimum absolute atomic E-state index is 0.437. The predicted molar refractivity (Wildman–Crippen MR) is 61.2 cm³/mol. The number of rotatable bonds is 8. The summed E-state index contributed by atoms with van der Waals surface area (Å²) in [6, 6.07) is 0.492. The zero-order valence-electron chi connectivity index (χ0n) is 9.92. The molecule has 15 heavy (non-hydrogen) atoms. The second-order valence-corrected chi connectivity index (χ2v) is 4.14. The second kappa shape index (κ2) is 8.05. The highest BCUT2D eigenvalue weighted by molar-refractivity contribution is 4.71. The van der Waals surface area contributed by atoms with Gasteiger partial charge in [0.25, 0.3) is 0 Å². The van der Waals surface area contributed by atoms with Gasteiger partial charge in [0.15, 0.2) is 0 Å². The van der Waals surface area contributed by atoms with E-state index in [4.69, 9.17) is 9.47 Å². The molecule has 4 nitrogen and oxygen atoms in total. The Morgan fingerprint density at radius 1 is 1.53 bits per heavy atom. The molecule has 1 saturated heterocycles. The molecule has 0 bridgehead atoms. The van der Waals surface area contributed by atoms with E-state index in [1.807, 2.05) is 0 Å². The first kappa shape index (κ1) is 12.9. The van der Waals surface area contributed by atoms with Gasteiger partial charge in [-0.05, 0) is 19.8 Å². The maximum absolute atomic E-state index is 5.54. The Morgan fingerprint density at radius 3 is 3.07 bits per heavy atom. The molecule has 0 aliphatic carbocycles. The molecule has 0 amide bonds. The van der Waals surface area contributed by atoms with Crippen LogP contribution in [-0.2, 0) is 9.47 Å². The van der Waals surface area contributed by atoms with Crippen LogP contribution < -0.4 is 10.6 Å². The van der Waals surface area contributed by atoms with Gasteiger partial charge in [0.2, 0.25) is 0 Å². The highest BCUT2D eigenvalue weighted by atomic mass is 16.5. The molecule has 2 unspecified atom stereocenters. The molecule has 0 radical (unpaired) electrons. The number of nitrogens with one attached hydrogen (secondary N) is 2. The Bertz CT molecular complexity index is 150. The van der Waals surface area contributed by atoms with Gasteiger partial charge in [0.05, 0.1) is 12.7 Å². The third-order valence-electron chi connectivity index (χ3n) is 2.65. The van der Waals surface area contributed by atoms with E-state index in [2.05, 4.69) is 17.6 Å². The fraction of sp³-hybridized carbons (Fsp3) is 1.00. The molecule has 0 saturated carbocycles. The van der Waals surface area contributed by atoms with Gasteiger partial charge >= 0.3 is 0 Å². The third kappa shape index (κ3) is 6.10. The monoisotopic (exact) mass is 216 g/mol. The van der Waals surface area contributed by atoms with Crippen molar-refractivity contribution in [2.45, 2.75) is 31.9 Å². The van der Waals surface area contributed by atoms with Crippen molar-refractivity contribution in [3.63, 3.8) is 0 Å². The molecule has 4 heteroatoms. The molecule has 0 aromatic carbocycles. The number of hydrogen-bond donors (Lipinski definition) is 2. The summed E-state index contributed by atoms with van der Waals surface area (Å²) in [4.78, 5) is 0. The van der Waals surface area contributed by atoms with Crippen LogP contribution in [0, 0.1) is 0 Å². The van der Waals surface area contributed by atoms with Crippen molar-refractivity contribution in [2.75, 3.05) is 40.0 Å². The molecular weight excluding hydrogens is 192 g/mol. The molecule has 1 fully saturated rings. The summed E-state index contributed by atoms with van der Waals surface area (Å²) in [5, 5.41) is 6.81. The van der Waals surface area contributed by atoms with Gasteiger partial charge < -0.3 is 20.1 Å². The lowest BCUT2D eigenvalue weighted by Crippen LogP contribution is -2.40. The summed E-state index contributed by atoms with van der Waals surface area (Å²) in [6.45, 7) is 6.78.